The second-order valence-corrected chi connectivity index (χ2v) is 9.12. The highest BCUT2D eigenvalue weighted by molar-refractivity contribution is 6.30. The first-order valence-electron chi connectivity index (χ1n) is 11.8. The fraction of sp³-hybridized carbons (Fsp3) is 0.423. The Morgan fingerprint density at radius 1 is 1.03 bits per heavy atom. The second-order valence-electron chi connectivity index (χ2n) is 8.68. The molecule has 0 aromatic heterocycles. The summed E-state index contributed by atoms with van der Waals surface area (Å²) < 4.78 is 22.1. The molecule has 4 N–H and O–H groups in total. The van der Waals surface area contributed by atoms with E-state index in [2.05, 4.69) is 0 Å². The number of benzene rings is 2. The van der Waals surface area contributed by atoms with Crippen molar-refractivity contribution in [3.63, 3.8) is 0 Å². The molecule has 2 heterocycles. The Hall–Kier alpha value is -2.70. The van der Waals surface area contributed by atoms with Crippen LogP contribution in [0.25, 0.3) is 5.57 Å². The highest BCUT2D eigenvalue weighted by atomic mass is 35.5. The van der Waals surface area contributed by atoms with Gasteiger partial charge in [0, 0.05) is 24.2 Å². The Bertz CT molecular complexity index is 1100. The van der Waals surface area contributed by atoms with E-state index in [-0.39, 0.29) is 11.7 Å². The summed E-state index contributed by atoms with van der Waals surface area (Å²) in [6, 6.07) is 12.0. The summed E-state index contributed by atoms with van der Waals surface area (Å²) in [4.78, 5) is 14.8. The zero-order chi connectivity index (χ0) is 26.5. The topological polar surface area (TPSA) is 138 Å². The van der Waals surface area contributed by atoms with E-state index in [0.717, 1.165) is 5.56 Å². The molecule has 10 nitrogen and oxygen atoms in total. The summed E-state index contributed by atoms with van der Waals surface area (Å²) in [5, 5.41) is 40.7. The first kappa shape index (κ1) is 27.3. The molecule has 1 amide bonds. The van der Waals surface area contributed by atoms with E-state index in [0.29, 0.717) is 48.2 Å². The summed E-state index contributed by atoms with van der Waals surface area (Å²) in [6.07, 6.45) is -5.71. The van der Waals surface area contributed by atoms with Crippen LogP contribution in [0.2, 0.25) is 5.02 Å². The molecule has 2 aromatic carbocycles. The lowest BCUT2D eigenvalue weighted by molar-refractivity contribution is -0.277. The van der Waals surface area contributed by atoms with Gasteiger partial charge in [0.1, 0.15) is 24.4 Å². The van der Waals surface area contributed by atoms with Gasteiger partial charge in [-0.25, -0.2) is 0 Å². The van der Waals surface area contributed by atoms with E-state index in [4.69, 9.17) is 30.5 Å². The number of aliphatic hydroxyl groups is 4. The summed E-state index contributed by atoms with van der Waals surface area (Å²) >= 11 is 6.08. The third-order valence-corrected chi connectivity index (χ3v) is 6.56. The first-order valence-corrected chi connectivity index (χ1v) is 12.2. The summed E-state index contributed by atoms with van der Waals surface area (Å²) in [6.45, 7) is 1.31. The summed E-state index contributed by atoms with van der Waals surface area (Å²) in [7, 11) is 1.44. The van der Waals surface area contributed by atoms with Crippen molar-refractivity contribution in [2.75, 3.05) is 40.0 Å². The Morgan fingerprint density at radius 2 is 1.70 bits per heavy atom. The van der Waals surface area contributed by atoms with Crippen molar-refractivity contribution in [3.8, 4) is 11.5 Å². The Labute approximate surface area is 219 Å². The molecule has 0 saturated carbocycles. The van der Waals surface area contributed by atoms with Gasteiger partial charge in [-0.2, -0.15) is 0 Å². The number of methoxy groups -OCH3 is 1. The lowest BCUT2D eigenvalue weighted by Gasteiger charge is -2.39. The van der Waals surface area contributed by atoms with Crippen molar-refractivity contribution in [1.29, 1.82) is 0 Å². The third kappa shape index (κ3) is 6.24. The normalized spacial score (nSPS) is 26.6. The molecule has 2 aliphatic heterocycles. The van der Waals surface area contributed by atoms with Crippen LogP contribution in [-0.2, 0) is 14.3 Å². The number of carbonyl (C=O) groups excluding carboxylic acids is 1. The monoisotopic (exact) mass is 535 g/mol. The number of ether oxygens (including phenoxy) is 4. The number of aliphatic hydroxyl groups excluding tert-OH is 4. The molecule has 200 valence electrons. The van der Waals surface area contributed by atoms with Crippen molar-refractivity contribution in [1.82, 2.24) is 4.90 Å². The van der Waals surface area contributed by atoms with Crippen molar-refractivity contribution >= 4 is 23.1 Å². The maximum Gasteiger partial charge on any atom is 0.247 e. The summed E-state index contributed by atoms with van der Waals surface area (Å²) in [5.74, 6) is 0.277. The fourth-order valence-corrected chi connectivity index (χ4v) is 4.31. The standard InChI is InChI=1S/C26H30ClNO9/c1-34-19-7-4-16(12-20(19)36-26-25(33)24(32)23(31)21(14-29)37-26)18(15-2-5-17(27)6-3-15)13-22(30)28-8-10-35-11-9-28/h2-7,12-13,21,23-26,29,31-33H,8-11,14H2,1H3/b18-13-/t21-,23-,24+,25-,26-/m1/s1. The van der Waals surface area contributed by atoms with Gasteiger partial charge in [0.25, 0.3) is 0 Å². The number of morpholine rings is 1. The van der Waals surface area contributed by atoms with Gasteiger partial charge in [0.2, 0.25) is 12.2 Å². The quantitative estimate of drug-likeness (QED) is 0.379. The third-order valence-electron chi connectivity index (χ3n) is 6.31. The van der Waals surface area contributed by atoms with Crippen LogP contribution >= 0.6 is 11.6 Å². The van der Waals surface area contributed by atoms with Crippen LogP contribution < -0.4 is 9.47 Å². The van der Waals surface area contributed by atoms with Gasteiger partial charge in [-0.3, -0.25) is 4.79 Å². The van der Waals surface area contributed by atoms with Gasteiger partial charge in [-0.1, -0.05) is 29.8 Å². The molecular weight excluding hydrogens is 506 g/mol. The second kappa shape index (κ2) is 12.2. The minimum atomic E-state index is -1.60. The molecule has 0 spiro atoms. The number of rotatable bonds is 7. The van der Waals surface area contributed by atoms with Gasteiger partial charge >= 0.3 is 0 Å². The van der Waals surface area contributed by atoms with E-state index in [1.54, 1.807) is 47.4 Å². The van der Waals surface area contributed by atoms with Crippen LogP contribution in [-0.4, -0.2) is 102 Å². The van der Waals surface area contributed by atoms with E-state index in [1.165, 1.54) is 13.2 Å². The molecule has 0 radical (unpaired) electrons. The average molecular weight is 536 g/mol. The smallest absolute Gasteiger partial charge is 0.247 e. The van der Waals surface area contributed by atoms with Gasteiger partial charge in [0.15, 0.2) is 11.5 Å². The molecule has 2 saturated heterocycles. The zero-order valence-corrected chi connectivity index (χ0v) is 21.0. The van der Waals surface area contributed by atoms with Crippen molar-refractivity contribution in [2.24, 2.45) is 0 Å². The van der Waals surface area contributed by atoms with Crippen molar-refractivity contribution < 1.29 is 44.2 Å². The van der Waals surface area contributed by atoms with Gasteiger partial charge in [-0.15, -0.1) is 0 Å². The van der Waals surface area contributed by atoms with Crippen LogP contribution in [0.3, 0.4) is 0 Å². The largest absolute Gasteiger partial charge is 0.493 e. The molecule has 4 rings (SSSR count). The Balaban J connectivity index is 1.70. The van der Waals surface area contributed by atoms with Gasteiger partial charge in [-0.05, 0) is 41.0 Å². The SMILES string of the molecule is COc1ccc(/C(=C\C(=O)N2CCOCC2)c2ccc(Cl)cc2)cc1O[C@@H]1O[C@H](CO)[C@@H](O)[C@H](O)[C@H]1O. The van der Waals surface area contributed by atoms with Crippen molar-refractivity contribution in [2.45, 2.75) is 30.7 Å². The summed E-state index contributed by atoms with van der Waals surface area (Å²) in [5.41, 5.74) is 1.92. The van der Waals surface area contributed by atoms with Crippen LogP contribution in [0, 0.1) is 0 Å². The fourth-order valence-electron chi connectivity index (χ4n) is 4.19. The highest BCUT2D eigenvalue weighted by Gasteiger charge is 2.45. The lowest BCUT2D eigenvalue weighted by atomic mass is 9.96. The number of hydrogen-bond donors (Lipinski definition) is 4. The maximum atomic E-state index is 13.1. The number of halogens is 1. The first-order chi connectivity index (χ1) is 17.8. The molecule has 2 aliphatic rings. The van der Waals surface area contributed by atoms with Crippen molar-refractivity contribution in [3.05, 3.63) is 64.7 Å². The average Bonchev–Trinajstić information content (AvgIpc) is 2.93. The number of hydrogen-bond acceptors (Lipinski definition) is 9. The molecule has 5 atom stereocenters. The number of amides is 1. The minimum absolute atomic E-state index is 0.156. The molecule has 37 heavy (non-hydrogen) atoms. The van der Waals surface area contributed by atoms with Crippen LogP contribution in [0.4, 0.5) is 0 Å². The molecule has 0 bridgehead atoms. The van der Waals surface area contributed by atoms with Crippen LogP contribution in [0.1, 0.15) is 11.1 Å². The zero-order valence-electron chi connectivity index (χ0n) is 20.2. The molecule has 11 heteroatoms. The Morgan fingerprint density at radius 3 is 2.35 bits per heavy atom. The lowest BCUT2D eigenvalue weighted by Crippen LogP contribution is -2.60. The van der Waals surface area contributed by atoms with E-state index < -0.39 is 37.3 Å². The highest BCUT2D eigenvalue weighted by Crippen LogP contribution is 2.36. The van der Waals surface area contributed by atoms with E-state index >= 15 is 0 Å². The van der Waals surface area contributed by atoms with E-state index in [9.17, 15) is 25.2 Å². The van der Waals surface area contributed by atoms with Gasteiger partial charge < -0.3 is 44.3 Å². The molecule has 2 fully saturated rings. The molecule has 0 unspecified atom stereocenters. The maximum absolute atomic E-state index is 13.1. The minimum Gasteiger partial charge on any atom is -0.493 e. The number of carbonyl (C=O) groups is 1. The molecular formula is C26H30ClNO9. The molecule has 2 aromatic rings. The predicted octanol–water partition coefficient (Wildman–Crippen LogP) is 0.818. The predicted molar refractivity (Wildman–Crippen MR) is 133 cm³/mol. The van der Waals surface area contributed by atoms with Crippen LogP contribution in [0.15, 0.2) is 48.5 Å². The van der Waals surface area contributed by atoms with Gasteiger partial charge in [0.05, 0.1) is 26.9 Å². The van der Waals surface area contributed by atoms with Crippen LogP contribution in [0.5, 0.6) is 11.5 Å². The molecule has 0 aliphatic carbocycles. The number of nitrogens with zero attached hydrogens (tertiary/aromatic N) is 1. The Kier molecular flexibility index (Phi) is 9.04. The van der Waals surface area contributed by atoms with E-state index in [1.807, 2.05) is 0 Å².